The largest absolute Gasteiger partial charge is 0.309 e. The highest BCUT2D eigenvalue weighted by Crippen LogP contribution is 2.49. The van der Waals surface area contributed by atoms with Gasteiger partial charge >= 0.3 is 0 Å². The minimum Gasteiger partial charge on any atom is -0.309 e. The molecule has 0 radical (unpaired) electrons. The van der Waals surface area contributed by atoms with Crippen molar-refractivity contribution in [3.8, 4) is 0 Å². The van der Waals surface area contributed by atoms with E-state index in [2.05, 4.69) is 42.6 Å². The van der Waals surface area contributed by atoms with Crippen LogP contribution in [0.1, 0.15) is 76.3 Å². The summed E-state index contributed by atoms with van der Waals surface area (Å²) < 4.78 is 0. The van der Waals surface area contributed by atoms with E-state index in [1.807, 2.05) is 0 Å². The summed E-state index contributed by atoms with van der Waals surface area (Å²) in [5.41, 5.74) is 2.16. The summed E-state index contributed by atoms with van der Waals surface area (Å²) in [7, 11) is 0. The molecule has 1 aromatic carbocycles. The Hall–Kier alpha value is -0.820. The molecule has 2 aliphatic rings. The molecule has 1 atom stereocenters. The predicted octanol–water partition coefficient (Wildman–Crippen LogP) is 5.48. The average Bonchev–Trinajstić information content (AvgIpc) is 3.30. The van der Waals surface area contributed by atoms with E-state index in [0.717, 1.165) is 5.92 Å². The van der Waals surface area contributed by atoms with Crippen molar-refractivity contribution in [2.75, 3.05) is 6.54 Å². The number of nitrogens with one attached hydrogen (secondary N) is 1. The first-order valence-electron chi connectivity index (χ1n) is 9.11. The zero-order valence-electron chi connectivity index (χ0n) is 13.6. The second-order valence-electron chi connectivity index (χ2n) is 7.42. The molecule has 0 spiro atoms. The van der Waals surface area contributed by atoms with Crippen LogP contribution >= 0.6 is 0 Å². The zero-order valence-corrected chi connectivity index (χ0v) is 13.6. The fourth-order valence-electron chi connectivity index (χ4n) is 4.23. The third kappa shape index (κ3) is 3.88. The van der Waals surface area contributed by atoms with Gasteiger partial charge in [0.2, 0.25) is 0 Å². The van der Waals surface area contributed by atoms with Crippen molar-refractivity contribution in [2.24, 2.45) is 11.3 Å². The van der Waals surface area contributed by atoms with Gasteiger partial charge in [-0.15, -0.1) is 0 Å². The summed E-state index contributed by atoms with van der Waals surface area (Å²) in [6.07, 6.45) is 12.7. The molecule has 3 rings (SSSR count). The first-order chi connectivity index (χ1) is 10.3. The van der Waals surface area contributed by atoms with Gasteiger partial charge in [0, 0.05) is 12.6 Å². The monoisotopic (exact) mass is 285 g/mol. The van der Waals surface area contributed by atoms with E-state index in [4.69, 9.17) is 0 Å². The maximum atomic E-state index is 3.99. The summed E-state index contributed by atoms with van der Waals surface area (Å²) in [6, 6.07) is 11.8. The van der Waals surface area contributed by atoms with Crippen LogP contribution in [0, 0.1) is 11.3 Å². The molecular weight excluding hydrogens is 254 g/mol. The first-order valence-corrected chi connectivity index (χ1v) is 9.11. The van der Waals surface area contributed by atoms with E-state index in [1.54, 1.807) is 0 Å². The van der Waals surface area contributed by atoms with E-state index in [1.165, 1.54) is 69.9 Å². The average molecular weight is 285 g/mol. The van der Waals surface area contributed by atoms with Crippen LogP contribution in [0.4, 0.5) is 0 Å². The predicted molar refractivity (Wildman–Crippen MR) is 90.3 cm³/mol. The molecule has 1 nitrogen and oxygen atoms in total. The summed E-state index contributed by atoms with van der Waals surface area (Å²) in [4.78, 5) is 0. The van der Waals surface area contributed by atoms with Gasteiger partial charge in [-0.25, -0.2) is 0 Å². The highest BCUT2D eigenvalue weighted by molar-refractivity contribution is 5.20. The molecule has 1 N–H and O–H groups in total. The molecule has 1 unspecified atom stereocenters. The molecule has 2 fully saturated rings. The lowest BCUT2D eigenvalue weighted by Crippen LogP contribution is -2.34. The van der Waals surface area contributed by atoms with Gasteiger partial charge in [-0.05, 0) is 49.0 Å². The van der Waals surface area contributed by atoms with Crippen LogP contribution < -0.4 is 5.32 Å². The van der Waals surface area contributed by atoms with E-state index in [0.29, 0.717) is 11.5 Å². The lowest BCUT2D eigenvalue weighted by Gasteiger charge is -2.33. The number of benzene rings is 1. The van der Waals surface area contributed by atoms with Gasteiger partial charge in [0.15, 0.2) is 0 Å². The van der Waals surface area contributed by atoms with Crippen LogP contribution in [0.3, 0.4) is 0 Å². The van der Waals surface area contributed by atoms with Crippen molar-refractivity contribution >= 4 is 0 Å². The molecule has 0 amide bonds. The van der Waals surface area contributed by atoms with Crippen molar-refractivity contribution in [3.05, 3.63) is 35.9 Å². The molecule has 2 saturated carbocycles. The Balaban J connectivity index is 1.67. The number of hydrogen-bond acceptors (Lipinski definition) is 1. The number of hydrogen-bond donors (Lipinski definition) is 1. The maximum absolute atomic E-state index is 3.99. The Morgan fingerprint density at radius 2 is 1.81 bits per heavy atom. The van der Waals surface area contributed by atoms with Gasteiger partial charge in [-0.1, -0.05) is 62.9 Å². The highest BCUT2D eigenvalue weighted by Gasteiger charge is 2.41. The molecule has 1 aromatic rings. The summed E-state index contributed by atoms with van der Waals surface area (Å²) in [6.45, 7) is 3.56. The molecule has 116 valence electrons. The van der Waals surface area contributed by atoms with Crippen molar-refractivity contribution in [3.63, 3.8) is 0 Å². The molecule has 0 aromatic heterocycles. The van der Waals surface area contributed by atoms with Crippen LogP contribution in [-0.4, -0.2) is 6.54 Å². The lowest BCUT2D eigenvalue weighted by molar-refractivity contribution is 0.255. The fraction of sp³-hybridized carbons (Fsp3) is 0.700. The van der Waals surface area contributed by atoms with Gasteiger partial charge in [-0.2, -0.15) is 0 Å². The first kappa shape index (κ1) is 15.1. The topological polar surface area (TPSA) is 12.0 Å². The summed E-state index contributed by atoms with van der Waals surface area (Å²) >= 11 is 0. The molecule has 1 heteroatoms. The highest BCUT2D eigenvalue weighted by atomic mass is 14.9. The summed E-state index contributed by atoms with van der Waals surface area (Å²) in [5.74, 6) is 0.846. The SMILES string of the molecule is CCCC1(CNC(c2ccccc2)C2CCCCC2)CC1. The second-order valence-corrected chi connectivity index (χ2v) is 7.42. The quantitative estimate of drug-likeness (QED) is 0.699. The van der Waals surface area contributed by atoms with Crippen molar-refractivity contribution in [1.82, 2.24) is 5.32 Å². The number of rotatable bonds is 7. The Morgan fingerprint density at radius 1 is 1.10 bits per heavy atom. The second kappa shape index (κ2) is 6.96. The van der Waals surface area contributed by atoms with Gasteiger partial charge in [0.25, 0.3) is 0 Å². The van der Waals surface area contributed by atoms with E-state index in [9.17, 15) is 0 Å². The van der Waals surface area contributed by atoms with Crippen molar-refractivity contribution < 1.29 is 0 Å². The minimum absolute atomic E-state index is 0.584. The smallest absolute Gasteiger partial charge is 0.0348 e. The van der Waals surface area contributed by atoms with Crippen LogP contribution in [0.15, 0.2) is 30.3 Å². The van der Waals surface area contributed by atoms with Crippen LogP contribution in [0.2, 0.25) is 0 Å². The Kier molecular flexibility index (Phi) is 5.00. The maximum Gasteiger partial charge on any atom is 0.0348 e. The molecule has 21 heavy (non-hydrogen) atoms. The van der Waals surface area contributed by atoms with E-state index < -0.39 is 0 Å². The van der Waals surface area contributed by atoms with Crippen LogP contribution in [-0.2, 0) is 0 Å². The molecular formula is C20H31N. The van der Waals surface area contributed by atoms with Gasteiger partial charge < -0.3 is 5.32 Å². The van der Waals surface area contributed by atoms with E-state index in [-0.39, 0.29) is 0 Å². The lowest BCUT2D eigenvalue weighted by atomic mass is 9.81. The third-order valence-corrected chi connectivity index (χ3v) is 5.71. The fourth-order valence-corrected chi connectivity index (χ4v) is 4.23. The minimum atomic E-state index is 0.584. The normalized spacial score (nSPS) is 22.9. The summed E-state index contributed by atoms with van der Waals surface area (Å²) in [5, 5.41) is 3.99. The van der Waals surface area contributed by atoms with Crippen LogP contribution in [0.25, 0.3) is 0 Å². The van der Waals surface area contributed by atoms with Crippen LogP contribution in [0.5, 0.6) is 0 Å². The standard InChI is InChI=1S/C20H31N/c1-2-13-20(14-15-20)16-21-19(17-9-5-3-6-10-17)18-11-7-4-8-12-18/h3,5-6,9-10,18-19,21H,2,4,7-8,11-16H2,1H3. The van der Waals surface area contributed by atoms with Gasteiger partial charge in [0.1, 0.15) is 0 Å². The Morgan fingerprint density at radius 3 is 2.43 bits per heavy atom. The van der Waals surface area contributed by atoms with Gasteiger partial charge in [0.05, 0.1) is 0 Å². The van der Waals surface area contributed by atoms with Crippen molar-refractivity contribution in [1.29, 1.82) is 0 Å². The molecule has 0 heterocycles. The van der Waals surface area contributed by atoms with Gasteiger partial charge in [-0.3, -0.25) is 0 Å². The molecule has 0 saturated heterocycles. The molecule has 0 bridgehead atoms. The third-order valence-electron chi connectivity index (χ3n) is 5.71. The zero-order chi connectivity index (χ0) is 14.5. The molecule has 0 aliphatic heterocycles. The van der Waals surface area contributed by atoms with E-state index >= 15 is 0 Å². The van der Waals surface area contributed by atoms with Crippen molar-refractivity contribution in [2.45, 2.75) is 70.8 Å². The Bertz CT molecular complexity index is 415. The molecule has 2 aliphatic carbocycles. The Labute approximate surface area is 130 Å².